The molecule has 4 aliphatic rings. The summed E-state index contributed by atoms with van der Waals surface area (Å²) < 4.78 is 0. The summed E-state index contributed by atoms with van der Waals surface area (Å²) in [6.45, 7) is 5.22. The number of benzene rings is 1. The van der Waals surface area contributed by atoms with E-state index in [1.54, 1.807) is 5.57 Å². The summed E-state index contributed by atoms with van der Waals surface area (Å²) in [6.07, 6.45) is 19.4. The van der Waals surface area contributed by atoms with Crippen molar-refractivity contribution in [2.45, 2.75) is 77.7 Å². The topological polar surface area (TPSA) is 16.1 Å². The zero-order valence-corrected chi connectivity index (χ0v) is 21.2. The molecule has 2 nitrogen and oxygen atoms in total. The molecule has 176 valence electrons. The highest BCUT2D eigenvalue weighted by atomic mass is 15.1. The molecule has 0 amide bonds. The van der Waals surface area contributed by atoms with Gasteiger partial charge in [-0.25, -0.2) is 0 Å². The maximum absolute atomic E-state index is 4.30. The lowest BCUT2D eigenvalue weighted by Crippen LogP contribution is -2.51. The maximum Gasteiger partial charge on any atom is 0.0346 e. The van der Waals surface area contributed by atoms with Crippen molar-refractivity contribution in [3.8, 4) is 0 Å². The Hall–Kier alpha value is -1.67. The second-order valence-corrected chi connectivity index (χ2v) is 12.6. The molecule has 2 aromatic rings. The van der Waals surface area contributed by atoms with Crippen LogP contribution < -0.4 is 0 Å². The van der Waals surface area contributed by atoms with Crippen LogP contribution in [0, 0.1) is 34.5 Å². The molecule has 7 unspecified atom stereocenters. The van der Waals surface area contributed by atoms with Crippen LogP contribution in [0.25, 0.3) is 16.3 Å². The molecule has 6 rings (SSSR count). The largest absolute Gasteiger partial charge is 0.306 e. The molecule has 0 aliphatic heterocycles. The van der Waals surface area contributed by atoms with Gasteiger partial charge in [-0.3, -0.25) is 4.98 Å². The molecular formula is C31H42N2. The molecule has 1 aromatic heterocycles. The molecule has 1 heterocycles. The van der Waals surface area contributed by atoms with Gasteiger partial charge in [-0.05, 0) is 135 Å². The van der Waals surface area contributed by atoms with Gasteiger partial charge >= 0.3 is 0 Å². The van der Waals surface area contributed by atoms with Crippen LogP contribution in [-0.4, -0.2) is 30.0 Å². The summed E-state index contributed by atoms with van der Waals surface area (Å²) >= 11 is 0. The van der Waals surface area contributed by atoms with Gasteiger partial charge in [0.25, 0.3) is 0 Å². The highest BCUT2D eigenvalue weighted by molar-refractivity contribution is 5.85. The van der Waals surface area contributed by atoms with Crippen LogP contribution in [0.4, 0.5) is 0 Å². The fraction of sp³-hybridized carbons (Fsp3) is 0.645. The molecule has 4 aliphatic carbocycles. The molecular weight excluding hydrogens is 400 g/mol. The first-order chi connectivity index (χ1) is 15.9. The zero-order chi connectivity index (χ0) is 22.8. The molecule has 1 spiro atoms. The van der Waals surface area contributed by atoms with Gasteiger partial charge in [0.1, 0.15) is 0 Å². The Morgan fingerprint density at radius 1 is 0.970 bits per heavy atom. The van der Waals surface area contributed by atoms with Crippen LogP contribution in [0.5, 0.6) is 0 Å². The van der Waals surface area contributed by atoms with Gasteiger partial charge in [-0.2, -0.15) is 0 Å². The van der Waals surface area contributed by atoms with Crippen LogP contribution in [0.15, 0.2) is 42.7 Å². The minimum absolute atomic E-state index is 0.569. The maximum atomic E-state index is 4.30. The Kier molecular flexibility index (Phi) is 5.25. The average Bonchev–Trinajstić information content (AvgIpc) is 3.49. The first-order valence-electron chi connectivity index (χ1n) is 13.6. The third-order valence-electron chi connectivity index (χ3n) is 11.0. The van der Waals surface area contributed by atoms with Crippen molar-refractivity contribution >= 4 is 16.3 Å². The number of fused-ring (bicyclic) bond motifs is 3. The molecule has 3 saturated carbocycles. The van der Waals surface area contributed by atoms with Crippen LogP contribution >= 0.6 is 0 Å². The van der Waals surface area contributed by atoms with Crippen LogP contribution in [-0.2, 0) is 0 Å². The first-order valence-corrected chi connectivity index (χ1v) is 13.6. The normalized spacial score (nSPS) is 40.6. The zero-order valence-electron chi connectivity index (χ0n) is 21.2. The predicted octanol–water partition coefficient (Wildman–Crippen LogP) is 7.59. The molecule has 1 aromatic carbocycles. The summed E-state index contributed by atoms with van der Waals surface area (Å²) in [7, 11) is 4.60. The van der Waals surface area contributed by atoms with Crippen molar-refractivity contribution in [2.24, 2.45) is 34.5 Å². The summed E-state index contributed by atoms with van der Waals surface area (Å²) in [4.78, 5) is 6.81. The molecule has 7 atom stereocenters. The fourth-order valence-electron chi connectivity index (χ4n) is 8.82. The van der Waals surface area contributed by atoms with Gasteiger partial charge < -0.3 is 4.90 Å². The highest BCUT2D eigenvalue weighted by Crippen LogP contribution is 2.74. The molecule has 0 saturated heterocycles. The molecule has 3 fully saturated rings. The lowest BCUT2D eigenvalue weighted by atomic mass is 9.49. The lowest BCUT2D eigenvalue weighted by molar-refractivity contribution is -0.0733. The molecule has 2 heteroatoms. The SMILES string of the molecule is CC1CCC2C3(C)CCC(N(C)C)CC3CCC23CC3CC=C1c1ccc2cnccc2c1. The van der Waals surface area contributed by atoms with Crippen molar-refractivity contribution in [3.05, 3.63) is 48.3 Å². The van der Waals surface area contributed by atoms with Gasteiger partial charge in [-0.1, -0.05) is 32.1 Å². The third-order valence-corrected chi connectivity index (χ3v) is 11.0. The fourth-order valence-corrected chi connectivity index (χ4v) is 8.82. The number of aromatic nitrogens is 1. The van der Waals surface area contributed by atoms with E-state index in [9.17, 15) is 0 Å². The van der Waals surface area contributed by atoms with Crippen molar-refractivity contribution in [1.82, 2.24) is 9.88 Å². The minimum atomic E-state index is 0.569. The number of nitrogens with zero attached hydrogens (tertiary/aromatic N) is 2. The van der Waals surface area contributed by atoms with Crippen LogP contribution in [0.3, 0.4) is 0 Å². The Morgan fingerprint density at radius 3 is 2.70 bits per heavy atom. The average molecular weight is 443 g/mol. The monoisotopic (exact) mass is 442 g/mol. The summed E-state index contributed by atoms with van der Waals surface area (Å²) in [6, 6.07) is 9.99. The van der Waals surface area contributed by atoms with E-state index in [1.807, 2.05) is 12.4 Å². The Labute approximate surface area is 200 Å². The van der Waals surface area contributed by atoms with E-state index >= 15 is 0 Å². The summed E-state index contributed by atoms with van der Waals surface area (Å²) in [5, 5.41) is 2.57. The smallest absolute Gasteiger partial charge is 0.0346 e. The van der Waals surface area contributed by atoms with Gasteiger partial charge in [0.05, 0.1) is 0 Å². The van der Waals surface area contributed by atoms with Crippen molar-refractivity contribution in [1.29, 1.82) is 0 Å². The lowest BCUT2D eigenvalue weighted by Gasteiger charge is -2.57. The number of pyridine rings is 1. The summed E-state index contributed by atoms with van der Waals surface area (Å²) in [5.74, 6) is 3.44. The third kappa shape index (κ3) is 3.51. The summed E-state index contributed by atoms with van der Waals surface area (Å²) in [5.41, 5.74) is 4.28. The molecule has 0 radical (unpaired) electrons. The van der Waals surface area contributed by atoms with Gasteiger partial charge in [0, 0.05) is 23.8 Å². The minimum Gasteiger partial charge on any atom is -0.306 e. The van der Waals surface area contributed by atoms with Crippen molar-refractivity contribution in [2.75, 3.05) is 14.1 Å². The standard InChI is InChI=1S/C31H42N2/c1-21-5-10-29-30(2)14-12-27(33(3)4)18-25(30)11-15-31(29)19-26(31)8-9-28(21)23-6-7-24-20-32-16-13-22(24)17-23/h6-7,9,13,16-17,20-21,25-27,29H,5,8,10-12,14-15,18-19H2,1-4H3. The van der Waals surface area contributed by atoms with Crippen molar-refractivity contribution in [3.63, 3.8) is 0 Å². The highest BCUT2D eigenvalue weighted by Gasteiger charge is 2.65. The number of hydrogen-bond acceptors (Lipinski definition) is 2. The Bertz CT molecular complexity index is 1070. The van der Waals surface area contributed by atoms with E-state index in [2.05, 4.69) is 68.2 Å². The predicted molar refractivity (Wildman–Crippen MR) is 139 cm³/mol. The number of hydrogen-bond donors (Lipinski definition) is 0. The van der Waals surface area contributed by atoms with Crippen molar-refractivity contribution < 1.29 is 0 Å². The molecule has 33 heavy (non-hydrogen) atoms. The van der Waals surface area contributed by atoms with Gasteiger partial charge in [0.2, 0.25) is 0 Å². The van der Waals surface area contributed by atoms with E-state index in [-0.39, 0.29) is 0 Å². The quantitative estimate of drug-likeness (QED) is 0.476. The Balaban J connectivity index is 1.29. The van der Waals surface area contributed by atoms with Gasteiger partial charge in [0.15, 0.2) is 0 Å². The molecule has 0 bridgehead atoms. The Morgan fingerprint density at radius 2 is 1.85 bits per heavy atom. The van der Waals surface area contributed by atoms with E-state index in [0.717, 1.165) is 23.8 Å². The van der Waals surface area contributed by atoms with E-state index in [4.69, 9.17) is 0 Å². The van der Waals surface area contributed by atoms with Gasteiger partial charge in [-0.15, -0.1) is 0 Å². The van der Waals surface area contributed by atoms with E-state index in [0.29, 0.717) is 16.7 Å². The second-order valence-electron chi connectivity index (χ2n) is 12.6. The second kappa shape index (κ2) is 7.94. The van der Waals surface area contributed by atoms with E-state index in [1.165, 1.54) is 74.1 Å². The van der Waals surface area contributed by atoms with Crippen LogP contribution in [0.1, 0.15) is 77.2 Å². The number of rotatable bonds is 2. The first kappa shape index (κ1) is 21.8. The number of allylic oxidation sites excluding steroid dienone is 2. The molecule has 0 N–H and O–H groups in total. The van der Waals surface area contributed by atoms with E-state index < -0.39 is 0 Å². The van der Waals surface area contributed by atoms with Crippen LogP contribution in [0.2, 0.25) is 0 Å².